The Balaban J connectivity index is 1.35. The number of ether oxygens (including phenoxy) is 1. The summed E-state index contributed by atoms with van der Waals surface area (Å²) in [6.45, 7) is 4.47. The number of piperidine rings is 1. The molecule has 5 rings (SSSR count). The third-order valence-corrected chi connectivity index (χ3v) is 9.40. The topological polar surface area (TPSA) is 114 Å². The highest BCUT2D eigenvalue weighted by molar-refractivity contribution is 7.89. The van der Waals surface area contributed by atoms with Crippen LogP contribution in [0.5, 0.6) is 0 Å². The molecule has 0 spiro atoms. The summed E-state index contributed by atoms with van der Waals surface area (Å²) in [4.78, 5) is 11.3. The average Bonchev–Trinajstić information content (AvgIpc) is 3.44. The van der Waals surface area contributed by atoms with Crippen molar-refractivity contribution in [2.75, 3.05) is 44.3 Å². The number of aryl methyl sites for hydroxylation is 1. The molecule has 9 nitrogen and oxygen atoms in total. The van der Waals surface area contributed by atoms with E-state index >= 15 is 0 Å². The van der Waals surface area contributed by atoms with Crippen molar-refractivity contribution in [3.63, 3.8) is 0 Å². The number of nitrogens with two attached hydrogens (primary N) is 1. The standard InChI is InChI=1S/C28H35FN6O3S/c1-19-16-20(5-10-25(19)29)27-26(30)17-31-28(33-27)32-21-6-8-24(9-7-21)39(36,37)35(18-23-4-3-15-38-23)22-11-13-34(2)14-12-22/h5-10,16-17,22-23H,3-4,11-15,18,30H2,1-2H3,(H,31,32,33). The van der Waals surface area contributed by atoms with Crippen LogP contribution in [0.4, 0.5) is 21.7 Å². The normalized spacial score (nSPS) is 19.0. The number of rotatable bonds is 8. The van der Waals surface area contributed by atoms with Gasteiger partial charge in [-0.2, -0.15) is 4.31 Å². The van der Waals surface area contributed by atoms with Gasteiger partial charge in [-0.1, -0.05) is 0 Å². The maximum absolute atomic E-state index is 13.8. The quantitative estimate of drug-likeness (QED) is 0.426. The van der Waals surface area contributed by atoms with E-state index in [4.69, 9.17) is 10.5 Å². The number of halogens is 1. The van der Waals surface area contributed by atoms with Gasteiger partial charge < -0.3 is 20.7 Å². The van der Waals surface area contributed by atoms with Gasteiger partial charge in [-0.3, -0.25) is 0 Å². The van der Waals surface area contributed by atoms with Crippen molar-refractivity contribution in [3.05, 3.63) is 60.0 Å². The van der Waals surface area contributed by atoms with Crippen LogP contribution >= 0.6 is 0 Å². The van der Waals surface area contributed by atoms with Crippen molar-refractivity contribution < 1.29 is 17.5 Å². The first-order valence-electron chi connectivity index (χ1n) is 13.3. The molecule has 3 heterocycles. The van der Waals surface area contributed by atoms with Crippen molar-refractivity contribution >= 4 is 27.3 Å². The Bertz CT molecular complexity index is 1410. The molecule has 2 aromatic carbocycles. The molecular formula is C28H35FN6O3S. The Labute approximate surface area is 229 Å². The van der Waals surface area contributed by atoms with Crippen molar-refractivity contribution in [1.82, 2.24) is 19.2 Å². The van der Waals surface area contributed by atoms with Crippen molar-refractivity contribution in [2.24, 2.45) is 0 Å². The number of hydrogen-bond acceptors (Lipinski definition) is 8. The van der Waals surface area contributed by atoms with Gasteiger partial charge in [0.15, 0.2) is 0 Å². The van der Waals surface area contributed by atoms with Gasteiger partial charge in [0.05, 0.1) is 28.6 Å². The Morgan fingerprint density at radius 3 is 2.56 bits per heavy atom. The van der Waals surface area contributed by atoms with Gasteiger partial charge in [-0.15, -0.1) is 0 Å². The fourth-order valence-electron chi connectivity index (χ4n) is 5.16. The van der Waals surface area contributed by atoms with Gasteiger partial charge in [-0.25, -0.2) is 22.8 Å². The van der Waals surface area contributed by atoms with E-state index in [0.717, 1.165) is 38.8 Å². The van der Waals surface area contributed by atoms with Gasteiger partial charge in [-0.05, 0) is 101 Å². The molecule has 1 unspecified atom stereocenters. The van der Waals surface area contributed by atoms with Crippen LogP contribution in [-0.2, 0) is 14.8 Å². The summed E-state index contributed by atoms with van der Waals surface area (Å²) in [7, 11) is -1.66. The Morgan fingerprint density at radius 1 is 1.15 bits per heavy atom. The van der Waals surface area contributed by atoms with Crippen LogP contribution in [0.15, 0.2) is 53.6 Å². The predicted molar refractivity (Wildman–Crippen MR) is 150 cm³/mol. The second kappa shape index (κ2) is 11.5. The molecule has 2 aliphatic rings. The van der Waals surface area contributed by atoms with E-state index in [-0.39, 0.29) is 22.9 Å². The van der Waals surface area contributed by atoms with E-state index in [0.29, 0.717) is 47.3 Å². The minimum absolute atomic E-state index is 0.0510. The molecule has 3 N–H and O–H groups in total. The zero-order valence-electron chi connectivity index (χ0n) is 22.3. The first-order chi connectivity index (χ1) is 18.7. The number of benzene rings is 2. The molecule has 0 amide bonds. The number of likely N-dealkylation sites (tertiary alicyclic amines) is 1. The lowest BCUT2D eigenvalue weighted by Crippen LogP contribution is -2.49. The summed E-state index contributed by atoms with van der Waals surface area (Å²) in [5, 5.41) is 3.12. The van der Waals surface area contributed by atoms with Gasteiger partial charge in [0.25, 0.3) is 0 Å². The summed E-state index contributed by atoms with van der Waals surface area (Å²) >= 11 is 0. The number of nitrogens with one attached hydrogen (secondary N) is 1. The smallest absolute Gasteiger partial charge is 0.243 e. The van der Waals surface area contributed by atoms with E-state index in [9.17, 15) is 12.8 Å². The Hall–Kier alpha value is -3.12. The average molecular weight is 555 g/mol. The van der Waals surface area contributed by atoms with Gasteiger partial charge in [0.1, 0.15) is 5.82 Å². The van der Waals surface area contributed by atoms with Crippen molar-refractivity contribution in [2.45, 2.75) is 49.6 Å². The molecule has 208 valence electrons. The first kappa shape index (κ1) is 27.4. The van der Waals surface area contributed by atoms with Crippen molar-refractivity contribution in [3.8, 4) is 11.3 Å². The number of anilines is 3. The number of sulfonamides is 1. The maximum Gasteiger partial charge on any atom is 0.243 e. The molecule has 0 radical (unpaired) electrons. The van der Waals surface area contributed by atoms with E-state index < -0.39 is 10.0 Å². The summed E-state index contributed by atoms with van der Waals surface area (Å²) in [6.07, 6.45) is 4.86. The van der Waals surface area contributed by atoms with Crippen LogP contribution in [0.2, 0.25) is 0 Å². The van der Waals surface area contributed by atoms with Gasteiger partial charge in [0, 0.05) is 30.4 Å². The molecule has 0 aliphatic carbocycles. The summed E-state index contributed by atoms with van der Waals surface area (Å²) in [5.74, 6) is -0.00644. The zero-order valence-corrected chi connectivity index (χ0v) is 23.1. The van der Waals surface area contributed by atoms with Gasteiger partial charge in [0.2, 0.25) is 16.0 Å². The molecule has 0 saturated carbocycles. The number of aromatic nitrogens is 2. The van der Waals surface area contributed by atoms with E-state index in [2.05, 4.69) is 27.2 Å². The molecule has 11 heteroatoms. The van der Waals surface area contributed by atoms with E-state index in [1.165, 1.54) is 12.3 Å². The highest BCUT2D eigenvalue weighted by atomic mass is 32.2. The second-order valence-electron chi connectivity index (χ2n) is 10.4. The minimum Gasteiger partial charge on any atom is -0.396 e. The molecule has 1 aromatic heterocycles. The summed E-state index contributed by atoms with van der Waals surface area (Å²) in [6, 6.07) is 11.3. The highest BCUT2D eigenvalue weighted by Gasteiger charge is 2.35. The predicted octanol–water partition coefficient (Wildman–Crippen LogP) is 4.18. The zero-order chi connectivity index (χ0) is 27.6. The van der Waals surface area contributed by atoms with E-state index in [1.54, 1.807) is 47.6 Å². The Kier molecular flexibility index (Phi) is 8.13. The lowest BCUT2D eigenvalue weighted by Gasteiger charge is -2.37. The lowest BCUT2D eigenvalue weighted by atomic mass is 10.1. The molecule has 3 aromatic rings. The molecular weight excluding hydrogens is 519 g/mol. The minimum atomic E-state index is -3.72. The molecule has 39 heavy (non-hydrogen) atoms. The van der Waals surface area contributed by atoms with Crippen molar-refractivity contribution in [1.29, 1.82) is 0 Å². The lowest BCUT2D eigenvalue weighted by molar-refractivity contribution is 0.0760. The third-order valence-electron chi connectivity index (χ3n) is 7.47. The molecule has 2 fully saturated rings. The fourth-order valence-corrected chi connectivity index (χ4v) is 6.88. The summed E-state index contributed by atoms with van der Waals surface area (Å²) in [5.41, 5.74) is 8.75. The largest absolute Gasteiger partial charge is 0.396 e. The van der Waals surface area contributed by atoms with Crippen LogP contribution in [0.25, 0.3) is 11.3 Å². The Morgan fingerprint density at radius 2 is 1.90 bits per heavy atom. The number of hydrogen-bond donors (Lipinski definition) is 2. The van der Waals surface area contributed by atoms with Crippen LogP contribution < -0.4 is 11.1 Å². The fraction of sp³-hybridized carbons (Fsp3) is 0.429. The van der Waals surface area contributed by atoms with Gasteiger partial charge >= 0.3 is 0 Å². The first-order valence-corrected chi connectivity index (χ1v) is 14.7. The molecule has 1 atom stereocenters. The third kappa shape index (κ3) is 6.22. The van der Waals surface area contributed by atoms with Crippen LogP contribution in [0, 0.1) is 12.7 Å². The van der Waals surface area contributed by atoms with Crippen LogP contribution in [-0.4, -0.2) is 73.0 Å². The summed E-state index contributed by atoms with van der Waals surface area (Å²) < 4.78 is 48.9. The second-order valence-corrected chi connectivity index (χ2v) is 12.2. The van der Waals surface area contributed by atoms with Crippen LogP contribution in [0.1, 0.15) is 31.2 Å². The molecule has 2 aliphatic heterocycles. The number of nitrogens with zero attached hydrogens (tertiary/aromatic N) is 4. The SMILES string of the molecule is Cc1cc(-c2nc(Nc3ccc(S(=O)(=O)N(CC4CCCO4)C4CCN(C)CC4)cc3)ncc2N)ccc1F. The van der Waals surface area contributed by atoms with E-state index in [1.807, 2.05) is 0 Å². The molecule has 0 bridgehead atoms. The molecule has 2 saturated heterocycles. The maximum atomic E-state index is 13.8. The van der Waals surface area contributed by atoms with Crippen LogP contribution in [0.3, 0.4) is 0 Å². The number of nitrogen functional groups attached to an aromatic ring is 1. The monoisotopic (exact) mass is 554 g/mol. The highest BCUT2D eigenvalue weighted by Crippen LogP contribution is 2.29.